The maximum absolute atomic E-state index is 12.0. The minimum Gasteiger partial charge on any atom is -0.490 e. The zero-order valence-corrected chi connectivity index (χ0v) is 15.5. The molecule has 0 aromatic heterocycles. The van der Waals surface area contributed by atoms with Crippen molar-refractivity contribution in [1.82, 2.24) is 5.32 Å². The van der Waals surface area contributed by atoms with Gasteiger partial charge in [0.1, 0.15) is 24.0 Å². The highest BCUT2D eigenvalue weighted by Crippen LogP contribution is 2.24. The Labute approximate surface area is 148 Å². The highest BCUT2D eigenvalue weighted by molar-refractivity contribution is 5.96. The summed E-state index contributed by atoms with van der Waals surface area (Å²) in [4.78, 5) is 23.4. The molecule has 0 bridgehead atoms. The second-order valence-corrected chi connectivity index (χ2v) is 6.70. The SMILES string of the molecule is CCC(=O)Nc1ccc(OCC(O)CNC(C)(C)C)c(C(=O)OC)c1. The number of hydrogen-bond donors (Lipinski definition) is 3. The molecule has 1 atom stereocenters. The topological polar surface area (TPSA) is 96.9 Å². The highest BCUT2D eigenvalue weighted by atomic mass is 16.5. The molecular formula is C18H28N2O5. The molecule has 0 saturated carbocycles. The van der Waals surface area contributed by atoms with Crippen molar-refractivity contribution >= 4 is 17.6 Å². The van der Waals surface area contributed by atoms with Crippen molar-refractivity contribution in [2.75, 3.05) is 25.6 Å². The molecule has 0 aliphatic rings. The second kappa shape index (κ2) is 9.39. The van der Waals surface area contributed by atoms with E-state index in [1.165, 1.54) is 13.2 Å². The van der Waals surface area contributed by atoms with E-state index in [4.69, 9.17) is 9.47 Å². The number of nitrogens with one attached hydrogen (secondary N) is 2. The summed E-state index contributed by atoms with van der Waals surface area (Å²) in [5.41, 5.74) is 0.555. The number of ether oxygens (including phenoxy) is 2. The molecule has 1 aromatic carbocycles. The van der Waals surface area contributed by atoms with Crippen molar-refractivity contribution in [3.63, 3.8) is 0 Å². The molecule has 0 heterocycles. The summed E-state index contributed by atoms with van der Waals surface area (Å²) in [5.74, 6) is -0.450. The molecule has 25 heavy (non-hydrogen) atoms. The van der Waals surface area contributed by atoms with E-state index in [2.05, 4.69) is 10.6 Å². The molecule has 0 saturated heterocycles. The number of β-amino-alcohol motifs (C(OH)–C–C–N with tert-alkyl or cyclic N) is 1. The number of amides is 1. The molecule has 0 aliphatic carbocycles. The number of methoxy groups -OCH3 is 1. The van der Waals surface area contributed by atoms with Crippen molar-refractivity contribution in [3.8, 4) is 5.75 Å². The summed E-state index contributed by atoms with van der Waals surface area (Å²) in [5, 5.41) is 15.9. The zero-order chi connectivity index (χ0) is 19.0. The van der Waals surface area contributed by atoms with Crippen LogP contribution in [-0.4, -0.2) is 48.9 Å². The number of hydrogen-bond acceptors (Lipinski definition) is 6. The Balaban J connectivity index is 2.80. The number of aliphatic hydroxyl groups is 1. The van der Waals surface area contributed by atoms with Gasteiger partial charge in [0.05, 0.1) is 7.11 Å². The molecule has 0 radical (unpaired) electrons. The Morgan fingerprint density at radius 2 is 1.96 bits per heavy atom. The van der Waals surface area contributed by atoms with Gasteiger partial charge in [-0.1, -0.05) is 6.92 Å². The smallest absolute Gasteiger partial charge is 0.341 e. The fraction of sp³-hybridized carbons (Fsp3) is 0.556. The zero-order valence-electron chi connectivity index (χ0n) is 15.5. The predicted octanol–water partition coefficient (Wildman–Crippen LogP) is 1.95. The maximum atomic E-state index is 12.0. The average Bonchev–Trinajstić information content (AvgIpc) is 2.57. The Morgan fingerprint density at radius 1 is 1.28 bits per heavy atom. The first kappa shape index (κ1) is 20.9. The van der Waals surface area contributed by atoms with Crippen molar-refractivity contribution < 1.29 is 24.2 Å². The lowest BCUT2D eigenvalue weighted by molar-refractivity contribution is -0.115. The van der Waals surface area contributed by atoms with Crippen LogP contribution < -0.4 is 15.4 Å². The van der Waals surface area contributed by atoms with Crippen molar-refractivity contribution in [2.24, 2.45) is 0 Å². The molecule has 1 aromatic rings. The molecule has 0 aliphatic heterocycles. The number of esters is 1. The van der Waals surface area contributed by atoms with E-state index in [1.54, 1.807) is 19.1 Å². The minimum absolute atomic E-state index is 0.0216. The number of carbonyl (C=O) groups is 2. The maximum Gasteiger partial charge on any atom is 0.341 e. The van der Waals surface area contributed by atoms with Gasteiger partial charge in [0.2, 0.25) is 5.91 Å². The van der Waals surface area contributed by atoms with Gasteiger partial charge in [-0.2, -0.15) is 0 Å². The standard InChI is InChI=1S/C18H28N2O5/c1-6-16(22)20-12-7-8-15(14(9-12)17(23)24-5)25-11-13(21)10-19-18(2,3)4/h7-9,13,19,21H,6,10-11H2,1-5H3,(H,20,22). The summed E-state index contributed by atoms with van der Waals surface area (Å²) in [6, 6.07) is 4.70. The van der Waals surface area contributed by atoms with Gasteiger partial charge in [-0.05, 0) is 39.0 Å². The molecule has 3 N–H and O–H groups in total. The lowest BCUT2D eigenvalue weighted by Crippen LogP contribution is -2.42. The first-order chi connectivity index (χ1) is 11.7. The number of anilines is 1. The monoisotopic (exact) mass is 352 g/mol. The largest absolute Gasteiger partial charge is 0.490 e. The predicted molar refractivity (Wildman–Crippen MR) is 96.0 cm³/mol. The summed E-state index contributed by atoms with van der Waals surface area (Å²) in [7, 11) is 1.27. The molecule has 1 unspecified atom stereocenters. The number of rotatable bonds is 8. The van der Waals surface area contributed by atoms with E-state index in [0.717, 1.165) is 0 Å². The van der Waals surface area contributed by atoms with E-state index in [-0.39, 0.29) is 29.4 Å². The first-order valence-corrected chi connectivity index (χ1v) is 8.24. The van der Waals surface area contributed by atoms with Crippen LogP contribution in [0, 0.1) is 0 Å². The molecule has 7 nitrogen and oxygen atoms in total. The third kappa shape index (κ3) is 7.53. The number of aliphatic hydroxyl groups excluding tert-OH is 1. The van der Waals surface area contributed by atoms with Crippen LogP contribution in [0.15, 0.2) is 18.2 Å². The van der Waals surface area contributed by atoms with Crippen LogP contribution >= 0.6 is 0 Å². The van der Waals surface area contributed by atoms with Gasteiger partial charge >= 0.3 is 5.97 Å². The Bertz CT molecular complexity index is 596. The van der Waals surface area contributed by atoms with Gasteiger partial charge < -0.3 is 25.2 Å². The van der Waals surface area contributed by atoms with Gasteiger partial charge in [0, 0.05) is 24.2 Å². The Kier molecular flexibility index (Phi) is 7.86. The van der Waals surface area contributed by atoms with E-state index >= 15 is 0 Å². The van der Waals surface area contributed by atoms with E-state index in [0.29, 0.717) is 18.7 Å². The molecule has 0 spiro atoms. The van der Waals surface area contributed by atoms with Crippen LogP contribution in [-0.2, 0) is 9.53 Å². The molecule has 140 valence electrons. The van der Waals surface area contributed by atoms with Crippen LogP contribution in [0.3, 0.4) is 0 Å². The van der Waals surface area contributed by atoms with Crippen LogP contribution in [0.1, 0.15) is 44.5 Å². The summed E-state index contributed by atoms with van der Waals surface area (Å²) in [6.45, 7) is 8.12. The summed E-state index contributed by atoms with van der Waals surface area (Å²) >= 11 is 0. The van der Waals surface area contributed by atoms with Crippen molar-refractivity contribution in [3.05, 3.63) is 23.8 Å². The Morgan fingerprint density at radius 3 is 2.52 bits per heavy atom. The van der Waals surface area contributed by atoms with Crippen molar-refractivity contribution in [2.45, 2.75) is 45.8 Å². The first-order valence-electron chi connectivity index (χ1n) is 8.24. The minimum atomic E-state index is -0.732. The van der Waals surface area contributed by atoms with Crippen LogP contribution in [0.5, 0.6) is 5.75 Å². The molecule has 1 rings (SSSR count). The van der Waals surface area contributed by atoms with Gasteiger partial charge in [-0.3, -0.25) is 4.79 Å². The molecule has 1 amide bonds. The number of carbonyl (C=O) groups excluding carboxylic acids is 2. The third-order valence-corrected chi connectivity index (χ3v) is 3.29. The third-order valence-electron chi connectivity index (χ3n) is 3.29. The van der Waals surface area contributed by atoms with Gasteiger partial charge in [0.25, 0.3) is 0 Å². The van der Waals surface area contributed by atoms with E-state index < -0.39 is 12.1 Å². The van der Waals surface area contributed by atoms with Crippen LogP contribution in [0.25, 0.3) is 0 Å². The van der Waals surface area contributed by atoms with Crippen LogP contribution in [0.2, 0.25) is 0 Å². The van der Waals surface area contributed by atoms with E-state index in [9.17, 15) is 14.7 Å². The van der Waals surface area contributed by atoms with Gasteiger partial charge in [-0.15, -0.1) is 0 Å². The molecule has 0 fully saturated rings. The quantitative estimate of drug-likeness (QED) is 0.619. The highest BCUT2D eigenvalue weighted by Gasteiger charge is 2.17. The van der Waals surface area contributed by atoms with Crippen LogP contribution in [0.4, 0.5) is 5.69 Å². The molecular weight excluding hydrogens is 324 g/mol. The fourth-order valence-corrected chi connectivity index (χ4v) is 1.92. The number of benzene rings is 1. The summed E-state index contributed by atoms with van der Waals surface area (Å²) < 4.78 is 10.3. The lowest BCUT2D eigenvalue weighted by Gasteiger charge is -2.23. The average molecular weight is 352 g/mol. The lowest BCUT2D eigenvalue weighted by atomic mass is 10.1. The fourth-order valence-electron chi connectivity index (χ4n) is 1.92. The van der Waals surface area contributed by atoms with Crippen molar-refractivity contribution in [1.29, 1.82) is 0 Å². The Hall–Kier alpha value is -2.12. The normalized spacial score (nSPS) is 12.4. The summed E-state index contributed by atoms with van der Waals surface area (Å²) in [6.07, 6.45) is -0.400. The van der Waals surface area contributed by atoms with Gasteiger partial charge in [-0.25, -0.2) is 4.79 Å². The second-order valence-electron chi connectivity index (χ2n) is 6.70. The molecule has 7 heteroatoms. The van der Waals surface area contributed by atoms with E-state index in [1.807, 2.05) is 20.8 Å². The van der Waals surface area contributed by atoms with Gasteiger partial charge in [0.15, 0.2) is 0 Å².